The van der Waals surface area contributed by atoms with E-state index in [4.69, 9.17) is 14.7 Å². The Balaban J connectivity index is 1.59. The molecule has 0 N–H and O–H groups in total. The molecule has 2 fully saturated rings. The quantitative estimate of drug-likeness (QED) is 0.798. The molecule has 2 unspecified atom stereocenters. The van der Waals surface area contributed by atoms with Crippen molar-refractivity contribution in [1.82, 2.24) is 14.9 Å². The van der Waals surface area contributed by atoms with E-state index >= 15 is 0 Å². The number of likely N-dealkylation sites (tertiary alicyclic amines) is 1. The second-order valence-electron chi connectivity index (χ2n) is 5.20. The predicted molar refractivity (Wildman–Crippen MR) is 71.3 cm³/mol. The van der Waals surface area contributed by atoms with Crippen LogP contribution in [0, 0.1) is 17.2 Å². The maximum atomic E-state index is 12.3. The lowest BCUT2D eigenvalue weighted by Gasteiger charge is -2.19. The van der Waals surface area contributed by atoms with Crippen LogP contribution in [-0.4, -0.2) is 53.2 Å². The van der Waals surface area contributed by atoms with Gasteiger partial charge in [-0.05, 0) is 6.42 Å². The summed E-state index contributed by atoms with van der Waals surface area (Å²) in [6, 6.07) is 1.95. The summed E-state index contributed by atoms with van der Waals surface area (Å²) >= 11 is 0. The molecule has 3 rings (SSSR count). The minimum Gasteiger partial charge on any atom is -0.470 e. The fraction of sp³-hybridized carbons (Fsp3) is 0.571. The zero-order valence-corrected chi connectivity index (χ0v) is 11.6. The summed E-state index contributed by atoms with van der Waals surface area (Å²) < 4.78 is 11.0. The molecule has 0 aromatic carbocycles. The van der Waals surface area contributed by atoms with E-state index in [2.05, 4.69) is 9.97 Å². The lowest BCUT2D eigenvalue weighted by atomic mass is 10.1. The van der Waals surface area contributed by atoms with Crippen molar-refractivity contribution in [2.75, 3.05) is 26.3 Å². The van der Waals surface area contributed by atoms with E-state index in [0.717, 1.165) is 12.8 Å². The van der Waals surface area contributed by atoms with Crippen LogP contribution in [0.4, 0.5) is 0 Å². The van der Waals surface area contributed by atoms with Gasteiger partial charge in [-0.1, -0.05) is 0 Å². The van der Waals surface area contributed by atoms with E-state index in [-0.39, 0.29) is 29.5 Å². The Morgan fingerprint density at radius 1 is 1.43 bits per heavy atom. The molecule has 2 atom stereocenters. The van der Waals surface area contributed by atoms with Gasteiger partial charge >= 0.3 is 0 Å². The molecule has 0 saturated carbocycles. The number of amides is 1. The predicted octanol–water partition coefficient (Wildman–Crippen LogP) is 0.364. The first-order valence-electron chi connectivity index (χ1n) is 7.02. The number of aromatic nitrogens is 2. The van der Waals surface area contributed by atoms with Gasteiger partial charge in [-0.3, -0.25) is 4.79 Å². The third kappa shape index (κ3) is 2.95. The lowest BCUT2D eigenvalue weighted by molar-refractivity contribution is -0.134. The summed E-state index contributed by atoms with van der Waals surface area (Å²) in [6.45, 7) is 2.37. The molecule has 0 aliphatic carbocycles. The monoisotopic (exact) mass is 288 g/mol. The van der Waals surface area contributed by atoms with Crippen LogP contribution >= 0.6 is 0 Å². The minimum atomic E-state index is -0.139. The van der Waals surface area contributed by atoms with Crippen LogP contribution in [0.15, 0.2) is 12.4 Å². The molecule has 0 spiro atoms. The average Bonchev–Trinajstić information content (AvgIpc) is 3.19. The molecule has 2 aliphatic rings. The number of nitrogens with zero attached hydrogens (tertiary/aromatic N) is 4. The summed E-state index contributed by atoms with van der Waals surface area (Å²) in [6.07, 6.45) is 4.34. The Hall–Kier alpha value is -2.20. The molecule has 7 heteroatoms. The van der Waals surface area contributed by atoms with Crippen molar-refractivity contribution in [3.05, 3.63) is 18.1 Å². The highest BCUT2D eigenvalue weighted by Crippen LogP contribution is 2.22. The standard InChI is InChI=1S/C14H16N4O3/c15-7-12-13(17-4-3-16-12)21-11-1-5-18(8-11)14(19)10-2-6-20-9-10/h3-4,10-11H,1-2,5-6,8-9H2. The topological polar surface area (TPSA) is 88.3 Å². The molecule has 2 saturated heterocycles. The highest BCUT2D eigenvalue weighted by Gasteiger charge is 2.34. The third-order valence-corrected chi connectivity index (χ3v) is 3.78. The normalized spacial score (nSPS) is 24.8. The Bertz CT molecular complexity index is 566. The van der Waals surface area contributed by atoms with Gasteiger partial charge in [0, 0.05) is 32.0 Å². The highest BCUT2D eigenvalue weighted by atomic mass is 16.5. The van der Waals surface area contributed by atoms with Crippen LogP contribution < -0.4 is 4.74 Å². The van der Waals surface area contributed by atoms with Gasteiger partial charge in [-0.25, -0.2) is 9.97 Å². The molecule has 110 valence electrons. The van der Waals surface area contributed by atoms with Gasteiger partial charge in [-0.15, -0.1) is 0 Å². The fourth-order valence-electron chi connectivity index (χ4n) is 2.66. The number of rotatable bonds is 3. The molecule has 0 bridgehead atoms. The summed E-state index contributed by atoms with van der Waals surface area (Å²) in [4.78, 5) is 22.0. The number of hydrogen-bond acceptors (Lipinski definition) is 6. The Labute approximate surface area is 122 Å². The summed E-state index contributed by atoms with van der Waals surface area (Å²) in [7, 11) is 0. The van der Waals surface area contributed by atoms with E-state index in [9.17, 15) is 4.79 Å². The van der Waals surface area contributed by atoms with E-state index < -0.39 is 0 Å². The number of nitriles is 1. The van der Waals surface area contributed by atoms with Gasteiger partial charge in [0.15, 0.2) is 0 Å². The highest BCUT2D eigenvalue weighted by molar-refractivity contribution is 5.79. The zero-order chi connectivity index (χ0) is 14.7. The van der Waals surface area contributed by atoms with E-state index in [1.807, 2.05) is 11.0 Å². The van der Waals surface area contributed by atoms with E-state index in [1.165, 1.54) is 12.4 Å². The van der Waals surface area contributed by atoms with Crippen molar-refractivity contribution in [1.29, 1.82) is 5.26 Å². The third-order valence-electron chi connectivity index (χ3n) is 3.78. The van der Waals surface area contributed by atoms with Crippen LogP contribution in [0.3, 0.4) is 0 Å². The van der Waals surface area contributed by atoms with Gasteiger partial charge in [0.1, 0.15) is 12.2 Å². The van der Waals surface area contributed by atoms with Crippen LogP contribution in [0.25, 0.3) is 0 Å². The number of ether oxygens (including phenoxy) is 2. The van der Waals surface area contributed by atoms with Crippen LogP contribution in [0.5, 0.6) is 5.88 Å². The van der Waals surface area contributed by atoms with E-state index in [0.29, 0.717) is 26.3 Å². The van der Waals surface area contributed by atoms with Crippen molar-refractivity contribution in [3.63, 3.8) is 0 Å². The largest absolute Gasteiger partial charge is 0.470 e. The molecular weight excluding hydrogens is 272 g/mol. The molecule has 2 aliphatic heterocycles. The molecule has 7 nitrogen and oxygen atoms in total. The first-order chi connectivity index (χ1) is 10.3. The van der Waals surface area contributed by atoms with Crippen LogP contribution in [0.1, 0.15) is 18.5 Å². The van der Waals surface area contributed by atoms with Crippen molar-refractivity contribution < 1.29 is 14.3 Å². The summed E-state index contributed by atoms with van der Waals surface area (Å²) in [5.41, 5.74) is 0.173. The molecule has 3 heterocycles. The molecular formula is C14H16N4O3. The Kier molecular flexibility index (Phi) is 3.97. The molecule has 1 aromatic heterocycles. The second kappa shape index (κ2) is 6.06. The van der Waals surface area contributed by atoms with Crippen molar-refractivity contribution >= 4 is 5.91 Å². The molecule has 1 amide bonds. The average molecular weight is 288 g/mol. The SMILES string of the molecule is N#Cc1nccnc1OC1CCN(C(=O)C2CCOC2)C1. The molecule has 1 aromatic rings. The van der Waals surface area contributed by atoms with Crippen molar-refractivity contribution in [3.8, 4) is 11.9 Å². The first-order valence-corrected chi connectivity index (χ1v) is 7.02. The maximum Gasteiger partial charge on any atom is 0.251 e. The zero-order valence-electron chi connectivity index (χ0n) is 11.6. The van der Waals surface area contributed by atoms with Gasteiger partial charge in [0.25, 0.3) is 5.88 Å². The maximum absolute atomic E-state index is 12.3. The van der Waals surface area contributed by atoms with Gasteiger partial charge in [0.2, 0.25) is 11.6 Å². The van der Waals surface area contributed by atoms with Gasteiger partial charge in [-0.2, -0.15) is 5.26 Å². The number of carbonyl (C=O) groups is 1. The van der Waals surface area contributed by atoms with Crippen LogP contribution in [-0.2, 0) is 9.53 Å². The Morgan fingerprint density at radius 2 is 2.29 bits per heavy atom. The second-order valence-corrected chi connectivity index (χ2v) is 5.20. The number of carbonyl (C=O) groups excluding carboxylic acids is 1. The molecule has 0 radical (unpaired) electrons. The first kappa shape index (κ1) is 13.8. The summed E-state index contributed by atoms with van der Waals surface area (Å²) in [5, 5.41) is 8.97. The lowest BCUT2D eigenvalue weighted by Crippen LogP contribution is -2.36. The smallest absolute Gasteiger partial charge is 0.251 e. The van der Waals surface area contributed by atoms with Crippen LogP contribution in [0.2, 0.25) is 0 Å². The van der Waals surface area contributed by atoms with Crippen molar-refractivity contribution in [2.45, 2.75) is 18.9 Å². The fourth-order valence-corrected chi connectivity index (χ4v) is 2.66. The molecule has 21 heavy (non-hydrogen) atoms. The summed E-state index contributed by atoms with van der Waals surface area (Å²) in [5.74, 6) is 0.358. The number of hydrogen-bond donors (Lipinski definition) is 0. The van der Waals surface area contributed by atoms with E-state index in [1.54, 1.807) is 0 Å². The van der Waals surface area contributed by atoms with Gasteiger partial charge in [0.05, 0.1) is 19.1 Å². The van der Waals surface area contributed by atoms with Crippen molar-refractivity contribution in [2.24, 2.45) is 5.92 Å². The Morgan fingerprint density at radius 3 is 3.05 bits per heavy atom. The van der Waals surface area contributed by atoms with Gasteiger partial charge < -0.3 is 14.4 Å². The minimum absolute atomic E-state index is 0.0186.